The van der Waals surface area contributed by atoms with E-state index in [0.29, 0.717) is 0 Å². The highest BCUT2D eigenvalue weighted by molar-refractivity contribution is 6.02. The number of hydrogen-bond donors (Lipinski definition) is 0. The minimum atomic E-state index is -0.248. The van der Waals surface area contributed by atoms with Crippen LogP contribution in [0.25, 0.3) is 10.8 Å². The van der Waals surface area contributed by atoms with Crippen molar-refractivity contribution in [2.24, 2.45) is 5.10 Å². The van der Waals surface area contributed by atoms with Crippen LogP contribution in [0.1, 0.15) is 35.4 Å². The molecule has 0 bridgehead atoms. The van der Waals surface area contributed by atoms with Gasteiger partial charge in [0.25, 0.3) is 0 Å². The van der Waals surface area contributed by atoms with E-state index in [-0.39, 0.29) is 12.3 Å². The first-order valence-corrected chi connectivity index (χ1v) is 10.0. The maximum atomic E-state index is 6.54. The molecule has 0 unspecified atom stereocenters. The van der Waals surface area contributed by atoms with Crippen LogP contribution in [0.5, 0.6) is 5.75 Å². The summed E-state index contributed by atoms with van der Waals surface area (Å²) in [4.78, 5) is 0. The van der Waals surface area contributed by atoms with E-state index in [1.54, 1.807) is 0 Å². The summed E-state index contributed by atoms with van der Waals surface area (Å²) in [7, 11) is 0. The fourth-order valence-electron chi connectivity index (χ4n) is 4.51. The Labute approximate surface area is 169 Å². The Morgan fingerprint density at radius 1 is 0.724 bits per heavy atom. The van der Waals surface area contributed by atoms with E-state index in [9.17, 15) is 0 Å². The van der Waals surface area contributed by atoms with Crippen LogP contribution in [-0.4, -0.2) is 10.7 Å². The number of hydrogen-bond acceptors (Lipinski definition) is 3. The molecule has 0 aromatic heterocycles. The van der Waals surface area contributed by atoms with E-state index in [1.165, 1.54) is 21.9 Å². The molecule has 0 N–H and O–H groups in total. The van der Waals surface area contributed by atoms with Crippen LogP contribution >= 0.6 is 0 Å². The van der Waals surface area contributed by atoms with Gasteiger partial charge >= 0.3 is 0 Å². The molecule has 29 heavy (non-hydrogen) atoms. The summed E-state index contributed by atoms with van der Waals surface area (Å²) < 4.78 is 6.54. The number of nitrogens with zero attached hydrogens (tertiary/aromatic N) is 2. The molecular weight excluding hydrogens is 356 g/mol. The topological polar surface area (TPSA) is 24.8 Å². The number of benzene rings is 4. The average Bonchev–Trinajstić information content (AvgIpc) is 3.25. The first-order chi connectivity index (χ1) is 14.4. The zero-order chi connectivity index (χ0) is 19.2. The van der Waals surface area contributed by atoms with Gasteiger partial charge in [-0.15, -0.1) is 0 Å². The van der Waals surface area contributed by atoms with E-state index < -0.39 is 0 Å². The SMILES string of the molecule is c1ccc(C2=NN3[C@@H](c4cccc5ccccc45)Oc4ccccc4[C@@H]3C2)cc1. The molecule has 0 radical (unpaired) electrons. The molecule has 2 aliphatic rings. The zero-order valence-electron chi connectivity index (χ0n) is 15.9. The average molecular weight is 376 g/mol. The summed E-state index contributed by atoms with van der Waals surface area (Å²) in [6.07, 6.45) is 0.633. The summed E-state index contributed by atoms with van der Waals surface area (Å²) >= 11 is 0. The Morgan fingerprint density at radius 3 is 2.38 bits per heavy atom. The van der Waals surface area contributed by atoms with Gasteiger partial charge in [0.2, 0.25) is 6.23 Å². The van der Waals surface area contributed by atoms with Crippen molar-refractivity contribution in [1.29, 1.82) is 0 Å². The smallest absolute Gasteiger partial charge is 0.214 e. The van der Waals surface area contributed by atoms with Gasteiger partial charge in [-0.2, -0.15) is 5.10 Å². The van der Waals surface area contributed by atoms with Gasteiger partial charge in [0.1, 0.15) is 5.75 Å². The van der Waals surface area contributed by atoms with Crippen molar-refractivity contribution in [1.82, 2.24) is 5.01 Å². The zero-order valence-corrected chi connectivity index (χ0v) is 15.9. The second kappa shape index (κ2) is 6.49. The molecule has 0 amide bonds. The second-order valence-electron chi connectivity index (χ2n) is 7.59. The quantitative estimate of drug-likeness (QED) is 0.423. The van der Waals surface area contributed by atoms with Crippen LogP contribution in [0.15, 0.2) is 102 Å². The van der Waals surface area contributed by atoms with Crippen molar-refractivity contribution >= 4 is 16.5 Å². The third-order valence-corrected chi connectivity index (χ3v) is 5.90. The normalized spacial score (nSPS) is 20.0. The molecule has 0 spiro atoms. The number of para-hydroxylation sites is 1. The molecule has 0 aliphatic carbocycles. The summed E-state index contributed by atoms with van der Waals surface area (Å²) in [6.45, 7) is 0. The van der Waals surface area contributed by atoms with Crippen LogP contribution in [-0.2, 0) is 0 Å². The molecule has 0 fully saturated rings. The molecule has 2 atom stereocenters. The van der Waals surface area contributed by atoms with Gasteiger partial charge < -0.3 is 4.74 Å². The lowest BCUT2D eigenvalue weighted by Crippen LogP contribution is -2.33. The first-order valence-electron chi connectivity index (χ1n) is 10.0. The van der Waals surface area contributed by atoms with Gasteiger partial charge in [-0.1, -0.05) is 91.0 Å². The molecule has 3 heteroatoms. The van der Waals surface area contributed by atoms with Crippen LogP contribution in [0, 0.1) is 0 Å². The molecule has 2 heterocycles. The third-order valence-electron chi connectivity index (χ3n) is 5.90. The Bertz CT molecular complexity index is 1230. The monoisotopic (exact) mass is 376 g/mol. The molecule has 4 aromatic carbocycles. The molecule has 140 valence electrons. The van der Waals surface area contributed by atoms with Gasteiger partial charge in [0.15, 0.2) is 0 Å². The van der Waals surface area contributed by atoms with Crippen LogP contribution in [0.4, 0.5) is 0 Å². The Kier molecular flexibility index (Phi) is 3.66. The summed E-state index contributed by atoms with van der Waals surface area (Å²) in [5.74, 6) is 0.955. The van der Waals surface area contributed by atoms with E-state index in [0.717, 1.165) is 23.4 Å². The summed E-state index contributed by atoms with van der Waals surface area (Å²) in [5.41, 5.74) is 4.65. The summed E-state index contributed by atoms with van der Waals surface area (Å²) in [6, 6.07) is 33.9. The fraction of sp³-hybridized carbons (Fsp3) is 0.115. The van der Waals surface area contributed by atoms with Crippen molar-refractivity contribution in [2.75, 3.05) is 0 Å². The lowest BCUT2D eigenvalue weighted by Gasteiger charge is -2.38. The minimum absolute atomic E-state index is 0.180. The second-order valence-corrected chi connectivity index (χ2v) is 7.59. The third kappa shape index (κ3) is 2.62. The molecule has 3 nitrogen and oxygen atoms in total. The molecular formula is C26H20N2O. The predicted molar refractivity (Wildman–Crippen MR) is 116 cm³/mol. The van der Waals surface area contributed by atoms with Crippen molar-refractivity contribution in [3.63, 3.8) is 0 Å². The van der Waals surface area contributed by atoms with Gasteiger partial charge in [-0.25, -0.2) is 5.01 Å². The lowest BCUT2D eigenvalue weighted by atomic mass is 9.95. The highest BCUT2D eigenvalue weighted by atomic mass is 16.5. The van der Waals surface area contributed by atoms with Gasteiger partial charge in [-0.3, -0.25) is 0 Å². The highest BCUT2D eigenvalue weighted by Gasteiger charge is 2.41. The van der Waals surface area contributed by atoms with Crippen molar-refractivity contribution in [3.05, 3.63) is 114 Å². The Hall–Kier alpha value is -3.59. The fourth-order valence-corrected chi connectivity index (χ4v) is 4.51. The summed E-state index contributed by atoms with van der Waals surface area (Å²) in [5, 5.41) is 9.66. The molecule has 2 aliphatic heterocycles. The number of rotatable bonds is 2. The van der Waals surface area contributed by atoms with Crippen LogP contribution in [0.3, 0.4) is 0 Å². The maximum absolute atomic E-state index is 6.54. The van der Waals surface area contributed by atoms with E-state index in [1.807, 2.05) is 12.1 Å². The number of ether oxygens (including phenoxy) is 1. The van der Waals surface area contributed by atoms with Crippen molar-refractivity contribution in [2.45, 2.75) is 18.7 Å². The van der Waals surface area contributed by atoms with Gasteiger partial charge in [0.05, 0.1) is 11.8 Å². The van der Waals surface area contributed by atoms with Crippen LogP contribution < -0.4 is 4.74 Å². The standard InChI is InChI=1S/C26H20N2O/c1-2-10-19(11-3-1)23-17-24-22-14-6-7-16-25(22)29-26(28(24)27-23)21-15-8-12-18-9-4-5-13-20(18)21/h1-16,24,26H,17H2/t24-,26+/m0/s1. The van der Waals surface area contributed by atoms with Crippen LogP contribution in [0.2, 0.25) is 0 Å². The van der Waals surface area contributed by atoms with Gasteiger partial charge in [0, 0.05) is 17.5 Å². The van der Waals surface area contributed by atoms with E-state index in [4.69, 9.17) is 9.84 Å². The number of hydrazone groups is 1. The maximum Gasteiger partial charge on any atom is 0.214 e. The predicted octanol–water partition coefficient (Wildman–Crippen LogP) is 6.08. The lowest BCUT2D eigenvalue weighted by molar-refractivity contribution is -0.0180. The highest BCUT2D eigenvalue weighted by Crippen LogP contribution is 2.48. The number of fused-ring (bicyclic) bond motifs is 4. The largest absolute Gasteiger partial charge is 0.464 e. The Morgan fingerprint density at radius 2 is 1.45 bits per heavy atom. The van der Waals surface area contributed by atoms with E-state index >= 15 is 0 Å². The van der Waals surface area contributed by atoms with Crippen molar-refractivity contribution < 1.29 is 4.74 Å². The van der Waals surface area contributed by atoms with E-state index in [2.05, 4.69) is 89.9 Å². The van der Waals surface area contributed by atoms with Crippen molar-refractivity contribution in [3.8, 4) is 5.75 Å². The molecule has 4 aromatic rings. The molecule has 0 saturated carbocycles. The first kappa shape index (κ1) is 16.4. The minimum Gasteiger partial charge on any atom is -0.464 e. The Balaban J connectivity index is 1.52. The molecule has 6 rings (SSSR count). The molecule has 0 saturated heterocycles. The van der Waals surface area contributed by atoms with Gasteiger partial charge in [-0.05, 0) is 22.4 Å².